The standard InChI is InChI=1S/C12H13NO5/c1-17-9-6-4-3-5-8(9)11(15)12(16)13-7-10(14)18-2/h3-6H,7H2,1-2H3,(H,13,16). The lowest BCUT2D eigenvalue weighted by atomic mass is 10.1. The first-order valence-corrected chi connectivity index (χ1v) is 5.12. The van der Waals surface area contributed by atoms with Crippen LogP contribution in [0.5, 0.6) is 5.75 Å². The van der Waals surface area contributed by atoms with Crippen molar-refractivity contribution in [2.45, 2.75) is 0 Å². The van der Waals surface area contributed by atoms with Crippen molar-refractivity contribution >= 4 is 17.7 Å². The summed E-state index contributed by atoms with van der Waals surface area (Å²) in [5.74, 6) is -1.98. The zero-order chi connectivity index (χ0) is 13.5. The molecule has 0 fully saturated rings. The molecule has 6 nitrogen and oxygen atoms in total. The van der Waals surface area contributed by atoms with Crippen molar-refractivity contribution < 1.29 is 23.9 Å². The van der Waals surface area contributed by atoms with Crippen LogP contribution < -0.4 is 10.1 Å². The van der Waals surface area contributed by atoms with Crippen LogP contribution in [0.2, 0.25) is 0 Å². The summed E-state index contributed by atoms with van der Waals surface area (Å²) in [6, 6.07) is 6.34. The van der Waals surface area contributed by atoms with Crippen LogP contribution in [0.3, 0.4) is 0 Å². The second-order valence-electron chi connectivity index (χ2n) is 3.29. The Bertz CT molecular complexity index is 469. The molecule has 1 aromatic rings. The minimum Gasteiger partial charge on any atom is -0.496 e. The van der Waals surface area contributed by atoms with E-state index in [0.29, 0.717) is 5.75 Å². The highest BCUT2D eigenvalue weighted by atomic mass is 16.5. The Morgan fingerprint density at radius 3 is 2.44 bits per heavy atom. The Kier molecular flexibility index (Phi) is 4.86. The minimum absolute atomic E-state index is 0.141. The van der Waals surface area contributed by atoms with Crippen molar-refractivity contribution in [1.82, 2.24) is 5.32 Å². The van der Waals surface area contributed by atoms with Gasteiger partial charge in [0, 0.05) is 0 Å². The van der Waals surface area contributed by atoms with Crippen LogP contribution in [0.15, 0.2) is 24.3 Å². The van der Waals surface area contributed by atoms with Gasteiger partial charge in [0.05, 0.1) is 19.8 Å². The Labute approximate surface area is 104 Å². The molecule has 0 saturated carbocycles. The quantitative estimate of drug-likeness (QED) is 0.458. The highest BCUT2D eigenvalue weighted by molar-refractivity contribution is 6.43. The molecule has 0 radical (unpaired) electrons. The zero-order valence-corrected chi connectivity index (χ0v) is 10.1. The third-order valence-corrected chi connectivity index (χ3v) is 2.18. The molecule has 1 N–H and O–H groups in total. The van der Waals surface area contributed by atoms with Crippen LogP contribution in [0.25, 0.3) is 0 Å². The van der Waals surface area contributed by atoms with Gasteiger partial charge >= 0.3 is 5.97 Å². The van der Waals surface area contributed by atoms with Crippen molar-refractivity contribution in [2.75, 3.05) is 20.8 Å². The van der Waals surface area contributed by atoms with Gasteiger partial charge < -0.3 is 14.8 Å². The summed E-state index contributed by atoms with van der Waals surface area (Å²) in [5, 5.41) is 2.16. The molecule has 1 amide bonds. The van der Waals surface area contributed by atoms with Crippen molar-refractivity contribution in [3.8, 4) is 5.75 Å². The fourth-order valence-electron chi connectivity index (χ4n) is 1.26. The molecule has 0 saturated heterocycles. The smallest absolute Gasteiger partial charge is 0.325 e. The summed E-state index contributed by atoms with van der Waals surface area (Å²) in [6.45, 7) is -0.351. The first-order chi connectivity index (χ1) is 8.60. The van der Waals surface area contributed by atoms with Crippen LogP contribution >= 0.6 is 0 Å². The van der Waals surface area contributed by atoms with Gasteiger partial charge in [0.1, 0.15) is 12.3 Å². The number of hydrogen-bond acceptors (Lipinski definition) is 5. The summed E-state index contributed by atoms with van der Waals surface area (Å²) < 4.78 is 9.31. The number of esters is 1. The molecule has 0 spiro atoms. The Morgan fingerprint density at radius 2 is 1.83 bits per heavy atom. The van der Waals surface area contributed by atoms with Crippen LogP contribution in [0, 0.1) is 0 Å². The normalized spacial score (nSPS) is 9.44. The van der Waals surface area contributed by atoms with E-state index in [4.69, 9.17) is 4.74 Å². The summed E-state index contributed by atoms with van der Waals surface area (Å²) in [4.78, 5) is 34.1. The van der Waals surface area contributed by atoms with Gasteiger partial charge in [0.25, 0.3) is 11.7 Å². The van der Waals surface area contributed by atoms with Gasteiger partial charge in [-0.1, -0.05) is 12.1 Å². The van der Waals surface area contributed by atoms with Gasteiger partial charge in [-0.3, -0.25) is 14.4 Å². The van der Waals surface area contributed by atoms with E-state index in [1.165, 1.54) is 20.3 Å². The summed E-state index contributed by atoms with van der Waals surface area (Å²) >= 11 is 0. The molecule has 1 rings (SSSR count). The Balaban J connectivity index is 2.74. The van der Waals surface area contributed by atoms with Gasteiger partial charge in [-0.15, -0.1) is 0 Å². The maximum Gasteiger partial charge on any atom is 0.325 e. The molecule has 6 heteroatoms. The molecular formula is C12H13NO5. The monoisotopic (exact) mass is 251 g/mol. The number of ketones is 1. The van der Waals surface area contributed by atoms with E-state index < -0.39 is 17.7 Å². The van der Waals surface area contributed by atoms with Gasteiger partial charge in [-0.2, -0.15) is 0 Å². The molecule has 96 valence electrons. The van der Waals surface area contributed by atoms with E-state index in [9.17, 15) is 14.4 Å². The van der Waals surface area contributed by atoms with E-state index in [1.54, 1.807) is 18.2 Å². The van der Waals surface area contributed by atoms with Crippen LogP contribution in [0.4, 0.5) is 0 Å². The number of carbonyl (C=O) groups is 3. The van der Waals surface area contributed by atoms with E-state index >= 15 is 0 Å². The molecule has 0 aromatic heterocycles. The number of nitrogens with one attached hydrogen (secondary N) is 1. The predicted molar refractivity (Wildman–Crippen MR) is 62.4 cm³/mol. The number of methoxy groups -OCH3 is 2. The number of hydrogen-bond donors (Lipinski definition) is 1. The highest BCUT2D eigenvalue weighted by Gasteiger charge is 2.20. The van der Waals surface area contributed by atoms with Crippen molar-refractivity contribution in [1.29, 1.82) is 0 Å². The first kappa shape index (κ1) is 13.7. The molecule has 0 aliphatic heterocycles. The van der Waals surface area contributed by atoms with Gasteiger partial charge in [-0.25, -0.2) is 0 Å². The van der Waals surface area contributed by atoms with E-state index in [0.717, 1.165) is 0 Å². The Hall–Kier alpha value is -2.37. The molecule has 0 atom stereocenters. The Morgan fingerprint density at radius 1 is 1.17 bits per heavy atom. The van der Waals surface area contributed by atoms with Crippen molar-refractivity contribution in [2.24, 2.45) is 0 Å². The molecule has 0 bridgehead atoms. The molecule has 0 unspecified atom stereocenters. The fourth-order valence-corrected chi connectivity index (χ4v) is 1.26. The number of Topliss-reactive ketones (excluding diaryl/α,β-unsaturated/α-hetero) is 1. The minimum atomic E-state index is -0.884. The number of para-hydroxylation sites is 1. The number of ether oxygens (including phenoxy) is 2. The lowest BCUT2D eigenvalue weighted by Gasteiger charge is -2.07. The highest BCUT2D eigenvalue weighted by Crippen LogP contribution is 2.17. The largest absolute Gasteiger partial charge is 0.496 e. The average molecular weight is 251 g/mol. The van der Waals surface area contributed by atoms with Crippen LogP contribution in [0.1, 0.15) is 10.4 Å². The topological polar surface area (TPSA) is 81.7 Å². The number of amides is 1. The zero-order valence-electron chi connectivity index (χ0n) is 10.1. The lowest BCUT2D eigenvalue weighted by Crippen LogP contribution is -2.35. The lowest BCUT2D eigenvalue weighted by molar-refractivity contribution is -0.140. The molecule has 0 heterocycles. The molecule has 18 heavy (non-hydrogen) atoms. The fraction of sp³-hybridized carbons (Fsp3) is 0.250. The second-order valence-corrected chi connectivity index (χ2v) is 3.29. The first-order valence-electron chi connectivity index (χ1n) is 5.12. The third-order valence-electron chi connectivity index (χ3n) is 2.18. The summed E-state index contributed by atoms with van der Waals surface area (Å²) in [5.41, 5.74) is 0.141. The van der Waals surface area contributed by atoms with Crippen LogP contribution in [-0.4, -0.2) is 38.4 Å². The predicted octanol–water partition coefficient (Wildman–Crippen LogP) is 0.167. The number of carbonyl (C=O) groups excluding carboxylic acids is 3. The SMILES string of the molecule is COC(=O)CNC(=O)C(=O)c1ccccc1OC. The third kappa shape index (κ3) is 3.31. The van der Waals surface area contributed by atoms with E-state index in [2.05, 4.69) is 10.1 Å². The maximum atomic E-state index is 11.8. The summed E-state index contributed by atoms with van der Waals surface area (Å²) in [7, 11) is 2.59. The average Bonchev–Trinajstić information content (AvgIpc) is 2.43. The molecule has 1 aromatic carbocycles. The van der Waals surface area contributed by atoms with Crippen LogP contribution in [-0.2, 0) is 14.3 Å². The van der Waals surface area contributed by atoms with E-state index in [1.807, 2.05) is 0 Å². The van der Waals surface area contributed by atoms with Gasteiger partial charge in [0.15, 0.2) is 0 Å². The van der Waals surface area contributed by atoms with Crippen molar-refractivity contribution in [3.05, 3.63) is 29.8 Å². The number of rotatable bonds is 5. The van der Waals surface area contributed by atoms with Crippen molar-refractivity contribution in [3.63, 3.8) is 0 Å². The number of benzene rings is 1. The van der Waals surface area contributed by atoms with Gasteiger partial charge in [-0.05, 0) is 12.1 Å². The molecule has 0 aliphatic rings. The molecule has 0 aliphatic carbocycles. The summed E-state index contributed by atoms with van der Waals surface area (Å²) in [6.07, 6.45) is 0. The second kappa shape index (κ2) is 6.39. The maximum absolute atomic E-state index is 11.8. The molecular weight excluding hydrogens is 238 g/mol. The van der Waals surface area contributed by atoms with Gasteiger partial charge in [0.2, 0.25) is 0 Å². The van der Waals surface area contributed by atoms with E-state index in [-0.39, 0.29) is 12.1 Å².